The number of hydrogen-bond acceptors (Lipinski definition) is 6. The zero-order valence-corrected chi connectivity index (χ0v) is 21.4. The Morgan fingerprint density at radius 2 is 1.74 bits per heavy atom. The first-order valence-electron chi connectivity index (χ1n) is 11.5. The van der Waals surface area contributed by atoms with E-state index in [1.54, 1.807) is 39.1 Å². The van der Waals surface area contributed by atoms with E-state index in [1.165, 1.54) is 17.1 Å². The van der Waals surface area contributed by atoms with Gasteiger partial charge in [0, 0.05) is 30.7 Å². The van der Waals surface area contributed by atoms with Gasteiger partial charge in [-0.2, -0.15) is 5.10 Å². The van der Waals surface area contributed by atoms with Crippen LogP contribution in [0, 0.1) is 17.5 Å². The number of hydrogen-bond donors (Lipinski definition) is 1. The normalized spacial score (nSPS) is 11.6. The van der Waals surface area contributed by atoms with Crippen molar-refractivity contribution in [3.63, 3.8) is 0 Å². The Balaban J connectivity index is 2.08. The van der Waals surface area contributed by atoms with Gasteiger partial charge in [-0.1, -0.05) is 0 Å². The predicted octanol–water partition coefficient (Wildman–Crippen LogP) is 5.84. The van der Waals surface area contributed by atoms with Crippen LogP contribution in [0.5, 0.6) is 0 Å². The number of nitrogens with zero attached hydrogens (tertiary/aromatic N) is 3. The summed E-state index contributed by atoms with van der Waals surface area (Å²) < 4.78 is 78.8. The number of aryl methyl sites for hydroxylation is 1. The van der Waals surface area contributed by atoms with Crippen LogP contribution in [0.2, 0.25) is 0 Å². The molecule has 8 nitrogen and oxygen atoms in total. The van der Waals surface area contributed by atoms with Crippen molar-refractivity contribution in [3.05, 3.63) is 78.5 Å². The molecule has 0 aliphatic rings. The van der Waals surface area contributed by atoms with Gasteiger partial charge in [0.15, 0.2) is 0 Å². The van der Waals surface area contributed by atoms with Gasteiger partial charge in [-0.05, 0) is 68.8 Å². The van der Waals surface area contributed by atoms with Crippen LogP contribution in [0.25, 0.3) is 22.4 Å². The number of carbonyl (C=O) groups is 1. The molecule has 4 aromatic rings. The third-order valence-electron chi connectivity index (χ3n) is 5.45. The van der Waals surface area contributed by atoms with Crippen LogP contribution in [0.15, 0.2) is 70.8 Å². The molecule has 0 unspecified atom stereocenters. The van der Waals surface area contributed by atoms with Gasteiger partial charge in [0.25, 0.3) is 0 Å². The molecule has 38 heavy (non-hydrogen) atoms. The van der Waals surface area contributed by atoms with Gasteiger partial charge < -0.3 is 4.74 Å². The van der Waals surface area contributed by atoms with E-state index in [2.05, 4.69) is 15.4 Å². The lowest BCUT2D eigenvalue weighted by Gasteiger charge is -2.18. The number of anilines is 1. The molecule has 2 aromatic carbocycles. The minimum Gasteiger partial charge on any atom is -0.447 e. The lowest BCUT2D eigenvalue weighted by atomic mass is 10.0. The molecule has 0 bridgehead atoms. The number of carbonyl (C=O) groups excluding carboxylic acids is 1. The van der Waals surface area contributed by atoms with E-state index in [-0.39, 0.29) is 5.69 Å². The highest BCUT2D eigenvalue weighted by atomic mass is 32.2. The highest BCUT2D eigenvalue weighted by Crippen LogP contribution is 2.42. The first-order valence-corrected chi connectivity index (χ1v) is 13.0. The second-order valence-corrected chi connectivity index (χ2v) is 10.3. The van der Waals surface area contributed by atoms with Crippen molar-refractivity contribution in [2.45, 2.75) is 43.2 Å². The molecule has 1 N–H and O–H groups in total. The number of aromatic nitrogens is 3. The third kappa shape index (κ3) is 5.25. The standard InChI is InChI=1S/C26H23F3N4O4S/c1-4-33-14-18(16-9-11-30-12-10-16)24(32-33)23-20(29)7-8-21(31-26(34)37-15(2)3)25(23)38(35,36)22-13-17(27)5-6-19(22)28/h5-15H,4H2,1-3H3,(H,31,34). The van der Waals surface area contributed by atoms with E-state index in [4.69, 9.17) is 4.74 Å². The van der Waals surface area contributed by atoms with Crippen molar-refractivity contribution in [3.8, 4) is 22.4 Å². The summed E-state index contributed by atoms with van der Waals surface area (Å²) in [6.07, 6.45) is 3.00. The third-order valence-corrected chi connectivity index (χ3v) is 7.30. The molecule has 0 aliphatic carbocycles. The number of nitrogens with one attached hydrogen (secondary N) is 1. The Labute approximate surface area is 217 Å². The zero-order valence-electron chi connectivity index (χ0n) is 20.6. The average Bonchev–Trinajstić information content (AvgIpc) is 3.30. The summed E-state index contributed by atoms with van der Waals surface area (Å²) in [4.78, 5) is 14.6. The van der Waals surface area contributed by atoms with Crippen LogP contribution >= 0.6 is 0 Å². The minimum atomic E-state index is -4.98. The largest absolute Gasteiger partial charge is 0.447 e. The monoisotopic (exact) mass is 544 g/mol. The number of pyridine rings is 1. The Kier molecular flexibility index (Phi) is 7.53. The van der Waals surface area contributed by atoms with Gasteiger partial charge in [-0.3, -0.25) is 15.0 Å². The smallest absolute Gasteiger partial charge is 0.411 e. The van der Waals surface area contributed by atoms with E-state index in [9.17, 15) is 22.0 Å². The number of halogens is 3. The van der Waals surface area contributed by atoms with E-state index in [0.29, 0.717) is 29.8 Å². The maximum absolute atomic E-state index is 15.7. The van der Waals surface area contributed by atoms with Crippen LogP contribution in [-0.2, 0) is 21.1 Å². The number of rotatable bonds is 7. The van der Waals surface area contributed by atoms with Gasteiger partial charge in [0.2, 0.25) is 9.84 Å². The quantitative estimate of drug-likeness (QED) is 0.314. The summed E-state index contributed by atoms with van der Waals surface area (Å²) in [5, 5.41) is 6.69. The molecule has 1 amide bonds. The van der Waals surface area contributed by atoms with Crippen LogP contribution in [0.4, 0.5) is 23.7 Å². The minimum absolute atomic E-state index is 0.0909. The predicted molar refractivity (Wildman–Crippen MR) is 134 cm³/mol. The highest BCUT2D eigenvalue weighted by molar-refractivity contribution is 7.91. The van der Waals surface area contributed by atoms with E-state index in [0.717, 1.165) is 18.2 Å². The molecule has 0 fully saturated rings. The molecular formula is C26H23F3N4O4S. The number of benzene rings is 2. The van der Waals surface area contributed by atoms with Crippen molar-refractivity contribution in [2.75, 3.05) is 5.32 Å². The Hall–Kier alpha value is -4.19. The lowest BCUT2D eigenvalue weighted by molar-refractivity contribution is 0.130. The lowest BCUT2D eigenvalue weighted by Crippen LogP contribution is -2.20. The zero-order chi connectivity index (χ0) is 27.6. The Bertz CT molecular complexity index is 1610. The molecular weight excluding hydrogens is 521 g/mol. The molecule has 2 heterocycles. The van der Waals surface area contributed by atoms with Crippen molar-refractivity contribution >= 4 is 21.6 Å². The second kappa shape index (κ2) is 10.7. The number of ether oxygens (including phenoxy) is 1. The van der Waals surface area contributed by atoms with Gasteiger partial charge in [0.1, 0.15) is 32.9 Å². The average molecular weight is 545 g/mol. The van der Waals surface area contributed by atoms with E-state index >= 15 is 4.39 Å². The molecule has 0 radical (unpaired) electrons. The fourth-order valence-corrected chi connectivity index (χ4v) is 5.50. The van der Waals surface area contributed by atoms with E-state index in [1.807, 2.05) is 0 Å². The fourth-order valence-electron chi connectivity index (χ4n) is 3.81. The van der Waals surface area contributed by atoms with E-state index < -0.39 is 60.5 Å². The maximum Gasteiger partial charge on any atom is 0.411 e. The van der Waals surface area contributed by atoms with Crippen LogP contribution in [-0.4, -0.2) is 35.4 Å². The summed E-state index contributed by atoms with van der Waals surface area (Å²) >= 11 is 0. The molecule has 198 valence electrons. The molecule has 0 atom stereocenters. The van der Waals surface area contributed by atoms with Gasteiger partial charge in [-0.15, -0.1) is 0 Å². The Morgan fingerprint density at radius 3 is 2.39 bits per heavy atom. The van der Waals surface area contributed by atoms with Crippen molar-refractivity contribution in [1.29, 1.82) is 0 Å². The summed E-state index contributed by atoms with van der Waals surface area (Å²) in [5.41, 5.74) is -0.123. The van der Waals surface area contributed by atoms with Crippen molar-refractivity contribution < 1.29 is 31.1 Å². The summed E-state index contributed by atoms with van der Waals surface area (Å²) in [5.74, 6) is -3.30. The Morgan fingerprint density at radius 1 is 1.05 bits per heavy atom. The van der Waals surface area contributed by atoms with Gasteiger partial charge in [0.05, 0.1) is 17.4 Å². The molecule has 12 heteroatoms. The number of amides is 1. The summed E-state index contributed by atoms with van der Waals surface area (Å²) in [6, 6.07) is 7.10. The molecule has 0 aliphatic heterocycles. The number of sulfone groups is 1. The van der Waals surface area contributed by atoms with Crippen molar-refractivity contribution in [1.82, 2.24) is 14.8 Å². The second-order valence-electron chi connectivity index (χ2n) is 8.44. The highest BCUT2D eigenvalue weighted by Gasteiger charge is 2.34. The SMILES string of the molecule is CCn1cc(-c2ccncc2)c(-c2c(F)ccc(NC(=O)OC(C)C)c2S(=O)(=O)c2cc(F)ccc2F)n1. The first-order chi connectivity index (χ1) is 18.0. The first kappa shape index (κ1) is 26.9. The topological polar surface area (TPSA) is 103 Å². The van der Waals surface area contributed by atoms with Crippen LogP contribution in [0.3, 0.4) is 0 Å². The van der Waals surface area contributed by atoms with Gasteiger partial charge in [-0.25, -0.2) is 26.4 Å². The molecule has 0 saturated heterocycles. The molecule has 2 aromatic heterocycles. The fraction of sp³-hybridized carbons (Fsp3) is 0.192. The molecule has 0 spiro atoms. The van der Waals surface area contributed by atoms with Crippen LogP contribution in [0.1, 0.15) is 20.8 Å². The molecule has 0 saturated carbocycles. The summed E-state index contributed by atoms with van der Waals surface area (Å²) in [6.45, 7) is 5.30. The molecule has 4 rings (SSSR count). The maximum atomic E-state index is 15.7. The summed E-state index contributed by atoms with van der Waals surface area (Å²) in [7, 11) is -4.98. The van der Waals surface area contributed by atoms with Crippen LogP contribution < -0.4 is 5.32 Å². The van der Waals surface area contributed by atoms with Crippen molar-refractivity contribution in [2.24, 2.45) is 0 Å². The van der Waals surface area contributed by atoms with Gasteiger partial charge >= 0.3 is 6.09 Å².